The number of hydrogen-bond donors (Lipinski definition) is 0. The molecule has 0 spiro atoms. The van der Waals surface area contributed by atoms with Crippen LogP contribution in [0.15, 0.2) is 66.7 Å². The number of nitrogens with zero attached hydrogens (tertiary/aromatic N) is 3. The van der Waals surface area contributed by atoms with E-state index in [1.165, 1.54) is 19.2 Å². The predicted octanol–water partition coefficient (Wildman–Crippen LogP) is 5.95. The lowest BCUT2D eigenvalue weighted by Crippen LogP contribution is -2.57. The van der Waals surface area contributed by atoms with Crippen molar-refractivity contribution in [1.29, 1.82) is 0 Å². The van der Waals surface area contributed by atoms with Crippen molar-refractivity contribution in [3.8, 4) is 17.2 Å². The van der Waals surface area contributed by atoms with E-state index in [4.69, 9.17) is 14.2 Å². The summed E-state index contributed by atoms with van der Waals surface area (Å²) in [6, 6.07) is 17.0. The smallest absolute Gasteiger partial charge is 0.416 e. The fraction of sp³-hybridized carbons (Fsp3) is 0.394. The Bertz CT molecular complexity index is 1480. The summed E-state index contributed by atoms with van der Waals surface area (Å²) in [6.07, 6.45) is -3.83. The Morgan fingerprint density at radius 1 is 0.841 bits per heavy atom. The summed E-state index contributed by atoms with van der Waals surface area (Å²) in [5.41, 5.74) is 1.36. The Morgan fingerprint density at radius 3 is 2.09 bits per heavy atom. The summed E-state index contributed by atoms with van der Waals surface area (Å²) in [4.78, 5) is 33.4. The standard InChI is InChI=1S/C33H36F3N3O5/c1-21-20-37(17-18-38(21)24-8-6-23(7-9-24)33(34,35)36)32(41)27-14-16-30(40)39(25-10-12-26(42-2)13-11-25)31(27)22-5-15-28(43-3)29(19-22)44-4/h5-13,15,19,21,27,31H,14,16-18,20H2,1-4H3. The quantitative estimate of drug-likeness (QED) is 0.329. The molecule has 2 saturated heterocycles. The molecule has 0 aliphatic carbocycles. The second-order valence-electron chi connectivity index (χ2n) is 11.0. The molecule has 0 N–H and O–H groups in total. The average Bonchev–Trinajstić information content (AvgIpc) is 3.03. The van der Waals surface area contributed by atoms with Gasteiger partial charge in [-0.15, -0.1) is 0 Å². The minimum atomic E-state index is -4.40. The normalized spacial score (nSPS) is 20.8. The number of rotatable bonds is 7. The van der Waals surface area contributed by atoms with Crippen molar-refractivity contribution >= 4 is 23.2 Å². The van der Waals surface area contributed by atoms with Gasteiger partial charge >= 0.3 is 6.18 Å². The largest absolute Gasteiger partial charge is 0.497 e. The Labute approximate surface area is 254 Å². The van der Waals surface area contributed by atoms with E-state index in [1.807, 2.05) is 41.0 Å². The molecule has 11 heteroatoms. The Kier molecular flexibility index (Phi) is 8.94. The van der Waals surface area contributed by atoms with E-state index in [0.717, 1.165) is 17.7 Å². The lowest BCUT2D eigenvalue weighted by atomic mass is 9.82. The van der Waals surface area contributed by atoms with Gasteiger partial charge in [-0.05, 0) is 79.6 Å². The number of benzene rings is 3. The molecule has 2 heterocycles. The molecule has 5 rings (SSSR count). The highest BCUT2D eigenvalue weighted by Gasteiger charge is 2.44. The van der Waals surface area contributed by atoms with Crippen LogP contribution in [0.2, 0.25) is 0 Å². The van der Waals surface area contributed by atoms with Crippen LogP contribution in [0.4, 0.5) is 24.5 Å². The van der Waals surface area contributed by atoms with Gasteiger partial charge in [0, 0.05) is 43.5 Å². The van der Waals surface area contributed by atoms with Crippen LogP contribution >= 0.6 is 0 Å². The lowest BCUT2D eigenvalue weighted by molar-refractivity contribution is -0.139. The zero-order chi connectivity index (χ0) is 31.6. The number of anilines is 2. The van der Waals surface area contributed by atoms with Crippen LogP contribution in [0.5, 0.6) is 17.2 Å². The van der Waals surface area contributed by atoms with Crippen LogP contribution in [-0.4, -0.2) is 63.7 Å². The molecule has 3 aromatic rings. The third kappa shape index (κ3) is 6.13. The van der Waals surface area contributed by atoms with Crippen LogP contribution in [0.3, 0.4) is 0 Å². The summed E-state index contributed by atoms with van der Waals surface area (Å²) in [6.45, 7) is 3.21. The number of hydrogen-bond acceptors (Lipinski definition) is 6. The predicted molar refractivity (Wildman–Crippen MR) is 160 cm³/mol. The first-order valence-electron chi connectivity index (χ1n) is 14.5. The van der Waals surface area contributed by atoms with E-state index in [-0.39, 0.29) is 24.3 Å². The molecule has 2 aliphatic heterocycles. The van der Waals surface area contributed by atoms with Gasteiger partial charge in [0.15, 0.2) is 11.5 Å². The number of piperazine rings is 1. The van der Waals surface area contributed by atoms with Crippen molar-refractivity contribution in [3.63, 3.8) is 0 Å². The van der Waals surface area contributed by atoms with Crippen molar-refractivity contribution in [2.75, 3.05) is 50.8 Å². The fourth-order valence-electron chi connectivity index (χ4n) is 6.23. The van der Waals surface area contributed by atoms with Crippen molar-refractivity contribution < 1.29 is 37.0 Å². The number of alkyl halides is 3. The van der Waals surface area contributed by atoms with Gasteiger partial charge < -0.3 is 28.9 Å². The average molecular weight is 612 g/mol. The van der Waals surface area contributed by atoms with Gasteiger partial charge in [-0.25, -0.2) is 0 Å². The van der Waals surface area contributed by atoms with Crippen molar-refractivity contribution in [1.82, 2.24) is 4.90 Å². The number of piperidine rings is 1. The molecule has 0 aromatic heterocycles. The van der Waals surface area contributed by atoms with Crippen LogP contribution in [0.25, 0.3) is 0 Å². The molecule has 234 valence electrons. The summed E-state index contributed by atoms with van der Waals surface area (Å²) in [7, 11) is 4.65. The first kappa shape index (κ1) is 31.0. The molecule has 44 heavy (non-hydrogen) atoms. The Balaban J connectivity index is 1.44. The van der Waals surface area contributed by atoms with Crippen molar-refractivity contribution in [2.24, 2.45) is 5.92 Å². The zero-order valence-corrected chi connectivity index (χ0v) is 25.1. The Morgan fingerprint density at radius 2 is 1.50 bits per heavy atom. The maximum Gasteiger partial charge on any atom is 0.416 e. The van der Waals surface area contributed by atoms with Gasteiger partial charge in [0.2, 0.25) is 11.8 Å². The van der Waals surface area contributed by atoms with Gasteiger partial charge in [0.1, 0.15) is 5.75 Å². The van der Waals surface area contributed by atoms with E-state index >= 15 is 0 Å². The molecule has 2 amide bonds. The zero-order valence-electron chi connectivity index (χ0n) is 25.1. The molecule has 0 radical (unpaired) electrons. The van der Waals surface area contributed by atoms with Crippen LogP contribution in [0.1, 0.15) is 36.9 Å². The number of carbonyl (C=O) groups excluding carboxylic acids is 2. The molecule has 3 atom stereocenters. The number of amides is 2. The highest BCUT2D eigenvalue weighted by Crippen LogP contribution is 2.43. The molecule has 3 unspecified atom stereocenters. The van der Waals surface area contributed by atoms with Crippen molar-refractivity contribution in [2.45, 2.75) is 38.0 Å². The lowest BCUT2D eigenvalue weighted by Gasteiger charge is -2.46. The van der Waals surface area contributed by atoms with Gasteiger partial charge in [0.05, 0.1) is 38.9 Å². The van der Waals surface area contributed by atoms with Gasteiger partial charge in [0.25, 0.3) is 0 Å². The summed E-state index contributed by atoms with van der Waals surface area (Å²) >= 11 is 0. The molecule has 8 nitrogen and oxygen atoms in total. The summed E-state index contributed by atoms with van der Waals surface area (Å²) in [5, 5.41) is 0. The third-order valence-electron chi connectivity index (χ3n) is 8.48. The minimum Gasteiger partial charge on any atom is -0.497 e. The number of methoxy groups -OCH3 is 3. The molecular formula is C33H36F3N3O5. The maximum absolute atomic E-state index is 14.3. The summed E-state index contributed by atoms with van der Waals surface area (Å²) in [5.74, 6) is 0.952. The number of ether oxygens (including phenoxy) is 3. The van der Waals surface area contributed by atoms with E-state index < -0.39 is 23.7 Å². The number of carbonyl (C=O) groups is 2. The highest BCUT2D eigenvalue weighted by molar-refractivity contribution is 5.97. The van der Waals surface area contributed by atoms with E-state index in [1.54, 1.807) is 37.3 Å². The maximum atomic E-state index is 14.3. The minimum absolute atomic E-state index is 0.0743. The first-order chi connectivity index (χ1) is 21.0. The fourth-order valence-corrected chi connectivity index (χ4v) is 6.23. The van der Waals surface area contributed by atoms with Crippen LogP contribution in [0, 0.1) is 5.92 Å². The molecule has 0 saturated carbocycles. The molecule has 2 fully saturated rings. The van der Waals surface area contributed by atoms with E-state index in [9.17, 15) is 22.8 Å². The molecule has 0 bridgehead atoms. The topological polar surface area (TPSA) is 71.6 Å². The van der Waals surface area contributed by atoms with Crippen LogP contribution < -0.4 is 24.0 Å². The molecular weight excluding hydrogens is 575 g/mol. The monoisotopic (exact) mass is 611 g/mol. The van der Waals surface area contributed by atoms with E-state index in [2.05, 4.69) is 0 Å². The Hall–Kier alpha value is -4.41. The number of halogens is 3. The van der Waals surface area contributed by atoms with Crippen LogP contribution in [-0.2, 0) is 15.8 Å². The SMILES string of the molecule is COc1ccc(N2C(=O)CCC(C(=O)N3CCN(c4ccc(C(F)(F)F)cc4)C(C)C3)C2c2ccc(OC)c(OC)c2)cc1. The van der Waals surface area contributed by atoms with Gasteiger partial charge in [-0.1, -0.05) is 6.07 Å². The van der Waals surface area contributed by atoms with Crippen molar-refractivity contribution in [3.05, 3.63) is 77.9 Å². The highest BCUT2D eigenvalue weighted by atomic mass is 19.4. The van der Waals surface area contributed by atoms with Gasteiger partial charge in [-0.3, -0.25) is 9.59 Å². The summed E-state index contributed by atoms with van der Waals surface area (Å²) < 4.78 is 55.6. The first-order valence-corrected chi connectivity index (χ1v) is 14.5. The molecule has 3 aromatic carbocycles. The third-order valence-corrected chi connectivity index (χ3v) is 8.48. The second kappa shape index (κ2) is 12.7. The van der Waals surface area contributed by atoms with E-state index in [0.29, 0.717) is 54.7 Å². The molecule has 2 aliphatic rings. The second-order valence-corrected chi connectivity index (χ2v) is 11.0. The van der Waals surface area contributed by atoms with Gasteiger partial charge in [-0.2, -0.15) is 13.2 Å².